The summed E-state index contributed by atoms with van der Waals surface area (Å²) < 4.78 is 5.74. The number of hydrogen-bond acceptors (Lipinski definition) is 8. The second kappa shape index (κ2) is 9.94. The maximum Gasteiger partial charge on any atom is 0.293 e. The van der Waals surface area contributed by atoms with E-state index in [1.165, 1.54) is 6.07 Å². The summed E-state index contributed by atoms with van der Waals surface area (Å²) in [6.07, 6.45) is 0. The highest BCUT2D eigenvalue weighted by molar-refractivity contribution is 7.99. The number of nitrogens with one attached hydrogen (secondary N) is 2. The van der Waals surface area contributed by atoms with Crippen LogP contribution in [0, 0.1) is 30.9 Å². The molecule has 2 amide bonds. The topological polar surface area (TPSA) is 140 Å². The zero-order valence-electron chi connectivity index (χ0n) is 19.1. The van der Waals surface area contributed by atoms with Gasteiger partial charge in [0.15, 0.2) is 5.16 Å². The van der Waals surface area contributed by atoms with Crippen LogP contribution < -0.4 is 10.6 Å². The van der Waals surface area contributed by atoms with Crippen molar-refractivity contribution in [2.75, 3.05) is 16.4 Å². The summed E-state index contributed by atoms with van der Waals surface area (Å²) >= 11 is 1.02. The molecule has 2 N–H and O–H groups in total. The van der Waals surface area contributed by atoms with E-state index in [0.29, 0.717) is 22.3 Å². The summed E-state index contributed by atoms with van der Waals surface area (Å²) in [6, 6.07) is 13.3. The van der Waals surface area contributed by atoms with Crippen molar-refractivity contribution in [3.05, 3.63) is 81.1 Å². The minimum absolute atomic E-state index is 0.109. The summed E-state index contributed by atoms with van der Waals surface area (Å²) in [4.78, 5) is 44.9. The van der Waals surface area contributed by atoms with Crippen molar-refractivity contribution in [2.24, 2.45) is 0 Å². The van der Waals surface area contributed by atoms with Gasteiger partial charge in [-0.15, -0.1) is 0 Å². The van der Waals surface area contributed by atoms with Gasteiger partial charge < -0.3 is 15.1 Å². The average molecular weight is 492 g/mol. The zero-order chi connectivity index (χ0) is 25.1. The molecule has 4 aromatic rings. The molecule has 0 bridgehead atoms. The van der Waals surface area contributed by atoms with Crippen molar-refractivity contribution in [1.82, 2.24) is 9.97 Å². The number of nitrogens with zero attached hydrogens (tertiary/aromatic N) is 3. The highest BCUT2D eigenvalue weighted by Crippen LogP contribution is 2.32. The Morgan fingerprint density at radius 2 is 1.77 bits per heavy atom. The number of aromatic nitrogens is 2. The van der Waals surface area contributed by atoms with Gasteiger partial charge in [0.1, 0.15) is 17.3 Å². The molecule has 0 aliphatic rings. The van der Waals surface area contributed by atoms with Gasteiger partial charge in [0, 0.05) is 17.2 Å². The number of nitro groups is 1. The lowest BCUT2D eigenvalue weighted by atomic mass is 10.1. The molecule has 0 aliphatic heterocycles. The maximum atomic E-state index is 12.7. The lowest BCUT2D eigenvalue weighted by Gasteiger charge is -2.10. The van der Waals surface area contributed by atoms with E-state index in [1.54, 1.807) is 50.2 Å². The predicted octanol–water partition coefficient (Wildman–Crippen LogP) is 5.04. The summed E-state index contributed by atoms with van der Waals surface area (Å²) in [7, 11) is 0. The number of benzene rings is 2. The Balaban J connectivity index is 1.57. The van der Waals surface area contributed by atoms with Gasteiger partial charge in [-0.05, 0) is 38.5 Å². The summed E-state index contributed by atoms with van der Waals surface area (Å²) in [5.41, 5.74) is 2.08. The largest absolute Gasteiger partial charge is 0.443 e. The second-order valence-corrected chi connectivity index (χ2v) is 8.64. The molecule has 2 aromatic carbocycles. The normalized spacial score (nSPS) is 10.8. The fourth-order valence-electron chi connectivity index (χ4n) is 3.43. The van der Waals surface area contributed by atoms with E-state index in [1.807, 2.05) is 13.0 Å². The molecule has 2 aromatic heterocycles. The molecule has 178 valence electrons. The number of amides is 2. The SMILES string of the molecule is Cc1cccc([N+](=O)[O-])c1NC(=O)CSc1nc(NC(=O)c2ccccc2)c2c(C)c(C)oc2n1. The van der Waals surface area contributed by atoms with E-state index >= 15 is 0 Å². The molecule has 35 heavy (non-hydrogen) atoms. The van der Waals surface area contributed by atoms with E-state index in [4.69, 9.17) is 4.42 Å². The van der Waals surface area contributed by atoms with Crippen LogP contribution in [-0.2, 0) is 4.79 Å². The number of carbonyl (C=O) groups is 2. The molecular weight excluding hydrogens is 470 g/mol. The molecule has 0 fully saturated rings. The number of thioether (sulfide) groups is 1. The first-order valence-electron chi connectivity index (χ1n) is 10.6. The van der Waals surface area contributed by atoms with Crippen LogP contribution in [-0.4, -0.2) is 32.5 Å². The van der Waals surface area contributed by atoms with Crippen LogP contribution in [0.4, 0.5) is 17.2 Å². The Morgan fingerprint density at radius 1 is 1.03 bits per heavy atom. The maximum absolute atomic E-state index is 12.7. The second-order valence-electron chi connectivity index (χ2n) is 7.70. The van der Waals surface area contributed by atoms with Crippen molar-refractivity contribution in [1.29, 1.82) is 0 Å². The smallest absolute Gasteiger partial charge is 0.293 e. The van der Waals surface area contributed by atoms with Crippen LogP contribution in [0.3, 0.4) is 0 Å². The van der Waals surface area contributed by atoms with Crippen molar-refractivity contribution < 1.29 is 18.9 Å². The molecule has 4 rings (SSSR count). The molecule has 0 radical (unpaired) electrons. The lowest BCUT2D eigenvalue weighted by molar-refractivity contribution is -0.384. The van der Waals surface area contributed by atoms with Gasteiger partial charge in [0.2, 0.25) is 11.6 Å². The molecule has 2 heterocycles. The van der Waals surface area contributed by atoms with Crippen LogP contribution >= 0.6 is 11.8 Å². The van der Waals surface area contributed by atoms with Gasteiger partial charge in [-0.3, -0.25) is 19.7 Å². The minimum Gasteiger partial charge on any atom is -0.443 e. The number of furan rings is 1. The minimum atomic E-state index is -0.546. The van der Waals surface area contributed by atoms with E-state index in [2.05, 4.69) is 20.6 Å². The fraction of sp³-hybridized carbons (Fsp3) is 0.167. The monoisotopic (exact) mass is 491 g/mol. The quantitative estimate of drug-likeness (QED) is 0.159. The molecular formula is C24H21N5O5S. The number of hydrogen-bond donors (Lipinski definition) is 2. The Hall–Kier alpha value is -4.25. The number of rotatable bonds is 7. The highest BCUT2D eigenvalue weighted by Gasteiger charge is 2.21. The number of carbonyl (C=O) groups excluding carboxylic acids is 2. The number of aryl methyl sites for hydroxylation is 3. The van der Waals surface area contributed by atoms with Crippen LogP contribution in [0.15, 0.2) is 58.1 Å². The van der Waals surface area contributed by atoms with E-state index < -0.39 is 10.8 Å². The Bertz CT molecular complexity index is 1450. The molecule has 0 spiro atoms. The first-order chi connectivity index (χ1) is 16.7. The van der Waals surface area contributed by atoms with E-state index in [0.717, 1.165) is 17.3 Å². The summed E-state index contributed by atoms with van der Waals surface area (Å²) in [6.45, 7) is 5.31. The van der Waals surface area contributed by atoms with Gasteiger partial charge in [-0.2, -0.15) is 4.98 Å². The third kappa shape index (κ3) is 5.14. The van der Waals surface area contributed by atoms with Crippen LogP contribution in [0.5, 0.6) is 0 Å². The zero-order valence-corrected chi connectivity index (χ0v) is 19.9. The number of para-hydroxylation sites is 1. The van der Waals surface area contributed by atoms with Crippen LogP contribution in [0.2, 0.25) is 0 Å². The predicted molar refractivity (Wildman–Crippen MR) is 133 cm³/mol. The van der Waals surface area contributed by atoms with Crippen LogP contribution in [0.25, 0.3) is 11.1 Å². The molecule has 0 saturated carbocycles. The number of anilines is 2. The third-order valence-corrected chi connectivity index (χ3v) is 6.17. The Kier molecular flexibility index (Phi) is 6.78. The van der Waals surface area contributed by atoms with Gasteiger partial charge in [-0.25, -0.2) is 4.98 Å². The number of nitro benzene ring substituents is 1. The Labute approximate surface area is 204 Å². The fourth-order valence-corrected chi connectivity index (χ4v) is 4.06. The molecule has 0 saturated heterocycles. The molecule has 11 heteroatoms. The first-order valence-corrected chi connectivity index (χ1v) is 11.5. The van der Waals surface area contributed by atoms with Crippen LogP contribution in [0.1, 0.15) is 27.2 Å². The van der Waals surface area contributed by atoms with Gasteiger partial charge >= 0.3 is 0 Å². The number of fused-ring (bicyclic) bond motifs is 1. The molecule has 0 atom stereocenters. The van der Waals surface area contributed by atoms with Crippen molar-refractivity contribution in [2.45, 2.75) is 25.9 Å². The van der Waals surface area contributed by atoms with E-state index in [9.17, 15) is 19.7 Å². The molecule has 10 nitrogen and oxygen atoms in total. The average Bonchev–Trinajstić information content (AvgIpc) is 3.12. The highest BCUT2D eigenvalue weighted by atomic mass is 32.2. The standard InChI is InChI=1S/C24H21N5O5S/c1-13-8-7-11-17(29(32)33)20(13)25-18(30)12-35-24-27-21(19-14(2)15(3)34-23(19)28-24)26-22(31)16-9-5-4-6-10-16/h4-11H,12H2,1-3H3,(H,25,30)(H,26,27,28,31). The van der Waals surface area contributed by atoms with Gasteiger partial charge in [0.05, 0.1) is 16.1 Å². The molecule has 0 aliphatic carbocycles. The van der Waals surface area contributed by atoms with Crippen molar-refractivity contribution in [3.8, 4) is 0 Å². The van der Waals surface area contributed by atoms with E-state index in [-0.39, 0.29) is 39.7 Å². The lowest BCUT2D eigenvalue weighted by Crippen LogP contribution is -2.17. The van der Waals surface area contributed by atoms with Crippen molar-refractivity contribution >= 4 is 51.9 Å². The van der Waals surface area contributed by atoms with Crippen molar-refractivity contribution in [3.63, 3.8) is 0 Å². The van der Waals surface area contributed by atoms with Gasteiger partial charge in [-0.1, -0.05) is 42.1 Å². The Morgan fingerprint density at radius 3 is 2.49 bits per heavy atom. The van der Waals surface area contributed by atoms with Gasteiger partial charge in [0.25, 0.3) is 11.6 Å². The summed E-state index contributed by atoms with van der Waals surface area (Å²) in [5.74, 6) is -0.00374. The molecule has 0 unspecified atom stereocenters. The third-order valence-electron chi connectivity index (χ3n) is 5.32. The summed E-state index contributed by atoms with van der Waals surface area (Å²) in [5, 5.41) is 17.5. The first kappa shape index (κ1) is 23.9.